The molecular weight excluding hydrogens is 186 g/mol. The van der Waals surface area contributed by atoms with Gasteiger partial charge in [0.1, 0.15) is 11.4 Å². The maximum Gasteiger partial charge on any atom is 0.348 e. The highest BCUT2D eigenvalue weighted by Crippen LogP contribution is 2.12. The van der Waals surface area contributed by atoms with Crippen molar-refractivity contribution in [1.82, 2.24) is 10.2 Å². The van der Waals surface area contributed by atoms with Gasteiger partial charge in [0.15, 0.2) is 5.56 Å². The second-order valence-electron chi connectivity index (χ2n) is 3.87. The van der Waals surface area contributed by atoms with E-state index in [4.69, 9.17) is 10.5 Å². The number of aromatic amines is 2. The van der Waals surface area contributed by atoms with Crippen molar-refractivity contribution in [1.29, 1.82) is 0 Å². The Balaban J connectivity index is 2.96. The van der Waals surface area contributed by atoms with E-state index in [2.05, 4.69) is 10.2 Å². The predicted molar refractivity (Wildman–Crippen MR) is 51.0 cm³/mol. The van der Waals surface area contributed by atoms with Crippen LogP contribution in [0.5, 0.6) is 0 Å². The van der Waals surface area contributed by atoms with Gasteiger partial charge in [-0.3, -0.25) is 15.0 Å². The van der Waals surface area contributed by atoms with Gasteiger partial charge in [-0.05, 0) is 20.8 Å². The Labute approximate surface area is 80.4 Å². The zero-order valence-corrected chi connectivity index (χ0v) is 8.30. The lowest BCUT2D eigenvalue weighted by atomic mass is 10.2. The summed E-state index contributed by atoms with van der Waals surface area (Å²) in [5.74, 6) is -0.734. The van der Waals surface area contributed by atoms with Crippen molar-refractivity contribution in [3.05, 3.63) is 15.9 Å². The minimum absolute atomic E-state index is 0.00995. The summed E-state index contributed by atoms with van der Waals surface area (Å²) in [5, 5.41) is 4.54. The van der Waals surface area contributed by atoms with Crippen molar-refractivity contribution in [2.75, 3.05) is 5.73 Å². The molecule has 0 aliphatic heterocycles. The van der Waals surface area contributed by atoms with E-state index in [1.165, 1.54) is 0 Å². The molecule has 0 fully saturated rings. The summed E-state index contributed by atoms with van der Waals surface area (Å²) in [6.45, 7) is 5.13. The Morgan fingerprint density at radius 3 is 2.29 bits per heavy atom. The van der Waals surface area contributed by atoms with Gasteiger partial charge in [0.2, 0.25) is 0 Å². The lowest BCUT2D eigenvalue weighted by molar-refractivity contribution is 0.00695. The van der Waals surface area contributed by atoms with Gasteiger partial charge in [-0.2, -0.15) is 0 Å². The molecule has 0 aliphatic rings. The first kappa shape index (κ1) is 10.4. The summed E-state index contributed by atoms with van der Waals surface area (Å²) in [6, 6.07) is 0. The molecule has 0 aromatic carbocycles. The molecule has 0 unspecified atom stereocenters. The fraction of sp³-hybridized carbons (Fsp3) is 0.500. The third kappa shape index (κ3) is 2.15. The fourth-order valence-electron chi connectivity index (χ4n) is 0.903. The standard InChI is InChI=1S/C8H13N3O3/c1-8(2,3)14-7(13)4-5(9)10-11-6(4)12/h1-3H3,(H4,9,10,11,12). The van der Waals surface area contributed by atoms with E-state index in [0.717, 1.165) is 0 Å². The molecule has 0 amide bonds. The second-order valence-corrected chi connectivity index (χ2v) is 3.87. The maximum absolute atomic E-state index is 11.4. The second kappa shape index (κ2) is 3.21. The van der Waals surface area contributed by atoms with Crippen molar-refractivity contribution in [2.24, 2.45) is 0 Å². The molecule has 1 heterocycles. The van der Waals surface area contributed by atoms with E-state index in [0.29, 0.717) is 0 Å². The first-order valence-electron chi connectivity index (χ1n) is 4.11. The molecule has 0 aliphatic carbocycles. The summed E-state index contributed by atoms with van der Waals surface area (Å²) >= 11 is 0. The van der Waals surface area contributed by atoms with E-state index in [9.17, 15) is 9.59 Å². The van der Waals surface area contributed by atoms with Crippen LogP contribution in [0, 0.1) is 0 Å². The summed E-state index contributed by atoms with van der Waals surface area (Å²) in [4.78, 5) is 22.5. The number of nitrogen functional groups attached to an aromatic ring is 1. The summed E-state index contributed by atoms with van der Waals surface area (Å²) in [7, 11) is 0. The molecule has 4 N–H and O–H groups in total. The predicted octanol–water partition coefficient (Wildman–Crippen LogP) is 0.240. The molecule has 14 heavy (non-hydrogen) atoms. The molecule has 1 aromatic heterocycles. The van der Waals surface area contributed by atoms with Crippen LogP contribution in [0.4, 0.5) is 5.82 Å². The molecule has 6 heteroatoms. The SMILES string of the molecule is CC(C)(C)OC(=O)c1c(N)[nH][nH]c1=O. The van der Waals surface area contributed by atoms with E-state index < -0.39 is 17.1 Å². The van der Waals surface area contributed by atoms with Gasteiger partial charge in [-0.15, -0.1) is 0 Å². The average molecular weight is 199 g/mol. The number of ether oxygens (including phenoxy) is 1. The highest BCUT2D eigenvalue weighted by atomic mass is 16.6. The van der Waals surface area contributed by atoms with Crippen LogP contribution in [0.3, 0.4) is 0 Å². The van der Waals surface area contributed by atoms with Crippen LogP contribution in [-0.4, -0.2) is 21.8 Å². The van der Waals surface area contributed by atoms with E-state index in [-0.39, 0.29) is 11.4 Å². The topological polar surface area (TPSA) is 101 Å². The van der Waals surface area contributed by atoms with Crippen molar-refractivity contribution < 1.29 is 9.53 Å². The lowest BCUT2D eigenvalue weighted by Gasteiger charge is -2.18. The molecular formula is C8H13N3O3. The number of rotatable bonds is 1. The van der Waals surface area contributed by atoms with Crippen molar-refractivity contribution in [3.63, 3.8) is 0 Å². The minimum Gasteiger partial charge on any atom is -0.456 e. The Morgan fingerprint density at radius 2 is 1.93 bits per heavy atom. The highest BCUT2D eigenvalue weighted by molar-refractivity contribution is 5.93. The summed E-state index contributed by atoms with van der Waals surface area (Å²) < 4.78 is 4.98. The Hall–Kier alpha value is -1.72. The number of aromatic nitrogens is 2. The van der Waals surface area contributed by atoms with Gasteiger partial charge in [-0.1, -0.05) is 0 Å². The zero-order chi connectivity index (χ0) is 10.9. The smallest absolute Gasteiger partial charge is 0.348 e. The van der Waals surface area contributed by atoms with E-state index in [1.54, 1.807) is 20.8 Å². The molecule has 0 bridgehead atoms. The Morgan fingerprint density at radius 1 is 1.36 bits per heavy atom. The molecule has 78 valence electrons. The molecule has 0 spiro atoms. The van der Waals surface area contributed by atoms with Crippen LogP contribution in [0.25, 0.3) is 0 Å². The number of anilines is 1. The molecule has 1 aromatic rings. The Kier molecular flexibility index (Phi) is 2.37. The fourth-order valence-corrected chi connectivity index (χ4v) is 0.903. The van der Waals surface area contributed by atoms with Crippen LogP contribution in [0.2, 0.25) is 0 Å². The first-order valence-corrected chi connectivity index (χ1v) is 4.11. The van der Waals surface area contributed by atoms with Crippen LogP contribution >= 0.6 is 0 Å². The third-order valence-corrected chi connectivity index (χ3v) is 1.41. The van der Waals surface area contributed by atoms with E-state index >= 15 is 0 Å². The van der Waals surface area contributed by atoms with Gasteiger partial charge in [0, 0.05) is 0 Å². The number of hydrogen-bond donors (Lipinski definition) is 3. The molecule has 0 atom stereocenters. The van der Waals surface area contributed by atoms with Crippen LogP contribution in [0.15, 0.2) is 4.79 Å². The average Bonchev–Trinajstić information content (AvgIpc) is 2.27. The minimum atomic E-state index is -0.725. The summed E-state index contributed by atoms with van der Waals surface area (Å²) in [6.07, 6.45) is 0. The number of H-pyrrole nitrogens is 2. The van der Waals surface area contributed by atoms with Gasteiger partial charge >= 0.3 is 5.97 Å². The maximum atomic E-state index is 11.4. The van der Waals surface area contributed by atoms with Crippen LogP contribution in [-0.2, 0) is 4.74 Å². The summed E-state index contributed by atoms with van der Waals surface area (Å²) in [5.41, 5.74) is 3.97. The first-order chi connectivity index (χ1) is 6.31. The number of carbonyl (C=O) groups excluding carboxylic acids is 1. The number of nitrogens with one attached hydrogen (secondary N) is 2. The number of esters is 1. The third-order valence-electron chi connectivity index (χ3n) is 1.41. The van der Waals surface area contributed by atoms with Crippen molar-refractivity contribution >= 4 is 11.8 Å². The van der Waals surface area contributed by atoms with Crippen LogP contribution in [0.1, 0.15) is 31.1 Å². The van der Waals surface area contributed by atoms with Gasteiger partial charge in [-0.25, -0.2) is 4.79 Å². The number of hydrogen-bond acceptors (Lipinski definition) is 4. The normalized spacial score (nSPS) is 11.4. The molecule has 0 saturated heterocycles. The van der Waals surface area contributed by atoms with Gasteiger partial charge in [0.25, 0.3) is 5.56 Å². The number of nitrogens with two attached hydrogens (primary N) is 1. The van der Waals surface area contributed by atoms with Crippen LogP contribution < -0.4 is 11.3 Å². The molecule has 1 rings (SSSR count). The Bertz CT molecular complexity index is 397. The van der Waals surface area contributed by atoms with Gasteiger partial charge < -0.3 is 10.5 Å². The molecule has 6 nitrogen and oxygen atoms in total. The van der Waals surface area contributed by atoms with E-state index in [1.807, 2.05) is 0 Å². The largest absolute Gasteiger partial charge is 0.456 e. The highest BCUT2D eigenvalue weighted by Gasteiger charge is 2.23. The lowest BCUT2D eigenvalue weighted by Crippen LogP contribution is -2.27. The van der Waals surface area contributed by atoms with Crippen molar-refractivity contribution in [2.45, 2.75) is 26.4 Å². The van der Waals surface area contributed by atoms with Crippen molar-refractivity contribution in [3.8, 4) is 0 Å². The van der Waals surface area contributed by atoms with Gasteiger partial charge in [0.05, 0.1) is 0 Å². The zero-order valence-electron chi connectivity index (χ0n) is 8.30. The number of carbonyl (C=O) groups is 1. The monoisotopic (exact) mass is 199 g/mol. The molecule has 0 saturated carbocycles. The molecule has 0 radical (unpaired) electrons. The quantitative estimate of drug-likeness (QED) is 0.564.